The average Bonchev–Trinajstić information content (AvgIpc) is 2.72. The lowest BCUT2D eigenvalue weighted by Gasteiger charge is -2.19. The Morgan fingerprint density at radius 1 is 1.62 bits per heavy atom. The monoisotopic (exact) mass is 221 g/mol. The van der Waals surface area contributed by atoms with Crippen molar-refractivity contribution in [3.63, 3.8) is 0 Å². The van der Waals surface area contributed by atoms with Crippen molar-refractivity contribution in [3.8, 4) is 5.88 Å². The van der Waals surface area contributed by atoms with Crippen molar-refractivity contribution in [1.82, 2.24) is 9.88 Å². The molecule has 0 spiro atoms. The summed E-state index contributed by atoms with van der Waals surface area (Å²) in [6, 6.07) is 4.35. The van der Waals surface area contributed by atoms with Crippen molar-refractivity contribution < 1.29 is 4.74 Å². The zero-order valence-corrected chi connectivity index (χ0v) is 9.72. The Bertz CT molecular complexity index is 343. The first-order chi connectivity index (χ1) is 7.79. The van der Waals surface area contributed by atoms with Crippen LogP contribution in [0.5, 0.6) is 5.88 Å². The van der Waals surface area contributed by atoms with E-state index in [-0.39, 0.29) is 0 Å². The number of pyridine rings is 1. The molecule has 1 saturated heterocycles. The number of hydrogen-bond donors (Lipinski definition) is 1. The van der Waals surface area contributed by atoms with E-state index in [1.54, 1.807) is 6.20 Å². The molecule has 2 heterocycles. The highest BCUT2D eigenvalue weighted by molar-refractivity contribution is 5.20. The zero-order valence-electron chi connectivity index (χ0n) is 9.72. The average molecular weight is 221 g/mol. The highest BCUT2D eigenvalue weighted by Crippen LogP contribution is 2.16. The van der Waals surface area contributed by atoms with E-state index in [4.69, 9.17) is 10.5 Å². The number of nitrogens with zero attached hydrogens (tertiary/aromatic N) is 2. The van der Waals surface area contributed by atoms with Crippen molar-refractivity contribution in [2.75, 3.05) is 20.2 Å². The fraction of sp³-hybridized carbons (Fsp3) is 0.583. The summed E-state index contributed by atoms with van der Waals surface area (Å²) in [6.07, 6.45) is 4.23. The summed E-state index contributed by atoms with van der Waals surface area (Å²) < 4.78 is 5.69. The highest BCUT2D eigenvalue weighted by Gasteiger charge is 2.21. The molecule has 0 bridgehead atoms. The summed E-state index contributed by atoms with van der Waals surface area (Å²) in [5, 5.41) is 0. The molecule has 0 amide bonds. The van der Waals surface area contributed by atoms with Crippen LogP contribution in [-0.2, 0) is 6.54 Å². The van der Waals surface area contributed by atoms with Crippen LogP contribution in [0.2, 0.25) is 0 Å². The molecule has 0 aliphatic carbocycles. The number of ether oxygens (including phenoxy) is 1. The number of rotatable bonds is 4. The van der Waals surface area contributed by atoms with Gasteiger partial charge in [0.05, 0.1) is 0 Å². The Labute approximate surface area is 96.4 Å². The second-order valence-corrected chi connectivity index (χ2v) is 4.29. The zero-order chi connectivity index (χ0) is 11.4. The van der Waals surface area contributed by atoms with Gasteiger partial charge >= 0.3 is 0 Å². The smallest absolute Gasteiger partial charge is 0.213 e. The van der Waals surface area contributed by atoms with Crippen LogP contribution in [0.4, 0.5) is 0 Å². The maximum Gasteiger partial charge on any atom is 0.213 e. The number of nitrogens with two attached hydrogens (primary N) is 1. The fourth-order valence-electron chi connectivity index (χ4n) is 2.03. The second kappa shape index (κ2) is 5.27. The Balaban J connectivity index is 1.88. The van der Waals surface area contributed by atoms with Crippen LogP contribution in [0.1, 0.15) is 18.4 Å². The molecule has 0 saturated carbocycles. The lowest BCUT2D eigenvalue weighted by atomic mass is 10.2. The molecule has 0 aromatic carbocycles. The van der Waals surface area contributed by atoms with Crippen LogP contribution < -0.4 is 10.5 Å². The third kappa shape index (κ3) is 2.71. The Kier molecular flexibility index (Phi) is 3.74. The predicted molar refractivity (Wildman–Crippen MR) is 63.3 cm³/mol. The van der Waals surface area contributed by atoms with Crippen molar-refractivity contribution >= 4 is 0 Å². The molecule has 0 radical (unpaired) electrons. The minimum absolute atomic E-state index is 0.530. The molecular formula is C12H19N3O. The number of aromatic nitrogens is 1. The van der Waals surface area contributed by atoms with E-state index in [2.05, 4.69) is 16.9 Å². The van der Waals surface area contributed by atoms with Crippen LogP contribution in [0, 0.1) is 0 Å². The summed E-state index contributed by atoms with van der Waals surface area (Å²) in [5.74, 6) is 0.684. The van der Waals surface area contributed by atoms with E-state index in [0.29, 0.717) is 18.5 Å². The number of hydrogen-bond acceptors (Lipinski definition) is 4. The molecular weight excluding hydrogens is 202 g/mol. The molecule has 1 atom stereocenters. The quantitative estimate of drug-likeness (QED) is 0.824. The summed E-state index contributed by atoms with van der Waals surface area (Å²) in [7, 11) is 2.14. The summed E-state index contributed by atoms with van der Waals surface area (Å²) in [5.41, 5.74) is 6.63. The van der Waals surface area contributed by atoms with Gasteiger partial charge in [0.25, 0.3) is 0 Å². The van der Waals surface area contributed by atoms with Crippen LogP contribution in [0.25, 0.3) is 0 Å². The van der Waals surface area contributed by atoms with Gasteiger partial charge in [0, 0.05) is 24.8 Å². The van der Waals surface area contributed by atoms with Gasteiger partial charge in [0.2, 0.25) is 5.88 Å². The first kappa shape index (κ1) is 11.4. The molecule has 88 valence electrons. The molecule has 1 aliphatic rings. The van der Waals surface area contributed by atoms with Crippen molar-refractivity contribution in [3.05, 3.63) is 23.9 Å². The van der Waals surface area contributed by atoms with Gasteiger partial charge in [0.1, 0.15) is 6.61 Å². The topological polar surface area (TPSA) is 51.4 Å². The Morgan fingerprint density at radius 3 is 3.19 bits per heavy atom. The van der Waals surface area contributed by atoms with Crippen LogP contribution in [-0.4, -0.2) is 36.1 Å². The van der Waals surface area contributed by atoms with E-state index < -0.39 is 0 Å². The van der Waals surface area contributed by atoms with Crippen molar-refractivity contribution in [1.29, 1.82) is 0 Å². The fourth-order valence-corrected chi connectivity index (χ4v) is 2.03. The molecule has 1 aromatic rings. The predicted octanol–water partition coefficient (Wildman–Crippen LogP) is 1.01. The molecule has 1 fully saturated rings. The highest BCUT2D eigenvalue weighted by atomic mass is 16.5. The van der Waals surface area contributed by atoms with Crippen LogP contribution in [0.3, 0.4) is 0 Å². The Hall–Kier alpha value is -1.13. The van der Waals surface area contributed by atoms with E-state index in [1.807, 2.05) is 12.1 Å². The Morgan fingerprint density at radius 2 is 2.50 bits per heavy atom. The number of likely N-dealkylation sites (N-methyl/N-ethyl adjacent to an activating group) is 1. The molecule has 4 nitrogen and oxygen atoms in total. The summed E-state index contributed by atoms with van der Waals surface area (Å²) in [6.45, 7) is 2.42. The van der Waals surface area contributed by atoms with Crippen molar-refractivity contribution in [2.45, 2.75) is 25.4 Å². The largest absolute Gasteiger partial charge is 0.476 e. The minimum Gasteiger partial charge on any atom is -0.476 e. The maximum atomic E-state index is 5.69. The van der Waals surface area contributed by atoms with E-state index >= 15 is 0 Å². The van der Waals surface area contributed by atoms with Gasteiger partial charge in [-0.05, 0) is 38.1 Å². The molecule has 4 heteroatoms. The third-order valence-electron chi connectivity index (χ3n) is 3.13. The van der Waals surface area contributed by atoms with Gasteiger partial charge < -0.3 is 15.4 Å². The van der Waals surface area contributed by atoms with Crippen LogP contribution >= 0.6 is 0 Å². The molecule has 2 N–H and O–H groups in total. The molecule has 0 unspecified atom stereocenters. The van der Waals surface area contributed by atoms with Gasteiger partial charge in [-0.15, -0.1) is 0 Å². The van der Waals surface area contributed by atoms with E-state index in [1.165, 1.54) is 19.4 Å². The minimum atomic E-state index is 0.530. The molecule has 1 aromatic heterocycles. The normalized spacial score (nSPS) is 21.2. The van der Waals surface area contributed by atoms with Crippen LogP contribution in [0.15, 0.2) is 18.3 Å². The van der Waals surface area contributed by atoms with Gasteiger partial charge in [-0.25, -0.2) is 4.98 Å². The van der Waals surface area contributed by atoms with Crippen molar-refractivity contribution in [2.24, 2.45) is 5.73 Å². The lowest BCUT2D eigenvalue weighted by Crippen LogP contribution is -2.30. The lowest BCUT2D eigenvalue weighted by molar-refractivity contribution is 0.193. The maximum absolute atomic E-state index is 5.69. The van der Waals surface area contributed by atoms with E-state index in [0.717, 1.165) is 12.2 Å². The van der Waals surface area contributed by atoms with E-state index in [9.17, 15) is 0 Å². The number of likely N-dealkylation sites (tertiary alicyclic amines) is 1. The molecule has 1 aliphatic heterocycles. The summed E-state index contributed by atoms with van der Waals surface area (Å²) >= 11 is 0. The van der Waals surface area contributed by atoms with Gasteiger partial charge in [-0.1, -0.05) is 0 Å². The van der Waals surface area contributed by atoms with Gasteiger partial charge in [0.15, 0.2) is 0 Å². The molecule has 2 rings (SSSR count). The molecule has 16 heavy (non-hydrogen) atoms. The van der Waals surface area contributed by atoms with Gasteiger partial charge in [-0.2, -0.15) is 0 Å². The summed E-state index contributed by atoms with van der Waals surface area (Å²) in [4.78, 5) is 6.52. The third-order valence-corrected chi connectivity index (χ3v) is 3.13. The second-order valence-electron chi connectivity index (χ2n) is 4.29. The first-order valence-corrected chi connectivity index (χ1v) is 5.77. The standard InChI is InChI=1S/C12H19N3O/c1-15-6-2-3-11(15)9-16-12-7-10(8-13)4-5-14-12/h4-5,7,11H,2-3,6,8-9,13H2,1H3/t11-/m0/s1. The first-order valence-electron chi connectivity index (χ1n) is 5.77. The van der Waals surface area contributed by atoms with Gasteiger partial charge in [-0.3, -0.25) is 0 Å². The SMILES string of the molecule is CN1CCC[C@H]1COc1cc(CN)ccn1.